The van der Waals surface area contributed by atoms with Gasteiger partial charge in [0.15, 0.2) is 6.10 Å². The number of carbonyl (C=O) groups excluding carboxylic acids is 3. The van der Waals surface area contributed by atoms with Crippen molar-refractivity contribution < 1.29 is 28.6 Å². The quantitative estimate of drug-likeness (QED) is 0.0346. The maximum absolute atomic E-state index is 12.7. The summed E-state index contributed by atoms with van der Waals surface area (Å²) in [6, 6.07) is 0. The summed E-state index contributed by atoms with van der Waals surface area (Å²) >= 11 is 0. The Bertz CT molecular complexity index is 859. The van der Waals surface area contributed by atoms with Crippen LogP contribution in [0.3, 0.4) is 0 Å². The molecule has 1 unspecified atom stereocenters. The summed E-state index contributed by atoms with van der Waals surface area (Å²) in [5.41, 5.74) is 0. The van der Waals surface area contributed by atoms with Gasteiger partial charge in [0, 0.05) is 19.3 Å². The van der Waals surface area contributed by atoms with Gasteiger partial charge in [-0.15, -0.1) is 0 Å². The van der Waals surface area contributed by atoms with Gasteiger partial charge in [-0.2, -0.15) is 0 Å². The van der Waals surface area contributed by atoms with Crippen molar-refractivity contribution in [2.45, 2.75) is 291 Å². The summed E-state index contributed by atoms with van der Waals surface area (Å²) in [5, 5.41) is 0. The fraction of sp³-hybridized carbons (Fsp3) is 0.941. The second kappa shape index (κ2) is 45.5. The average Bonchev–Trinajstić information content (AvgIpc) is 3.21. The van der Waals surface area contributed by atoms with Crippen LogP contribution in [0, 0.1) is 5.92 Å². The van der Waals surface area contributed by atoms with E-state index in [0.29, 0.717) is 19.3 Å². The van der Waals surface area contributed by atoms with E-state index in [9.17, 15) is 14.4 Å². The number of ether oxygens (including phenoxy) is 3. The maximum atomic E-state index is 12.7. The van der Waals surface area contributed by atoms with Crippen molar-refractivity contribution in [3.8, 4) is 0 Å². The molecule has 0 rings (SSSR count). The van der Waals surface area contributed by atoms with E-state index in [0.717, 1.165) is 63.7 Å². The minimum atomic E-state index is -0.760. The SMILES string of the molecule is CCCCCCCCCCCCCCCCCCC(=O)OC[C@@H](COC(=O)CCCCCCCCCCCCC)OC(=O)CCCCCCCCCCC(C)CC. The van der Waals surface area contributed by atoms with Gasteiger partial charge in [0.05, 0.1) is 0 Å². The summed E-state index contributed by atoms with van der Waals surface area (Å²) in [6.45, 7) is 9.02. The van der Waals surface area contributed by atoms with Crippen LogP contribution in [0.1, 0.15) is 285 Å². The second-order valence-electron chi connectivity index (χ2n) is 17.7. The number of unbranched alkanes of at least 4 members (excludes halogenated alkanes) is 32. The first-order valence-electron chi connectivity index (χ1n) is 25.4. The molecule has 0 aromatic heterocycles. The second-order valence-corrected chi connectivity index (χ2v) is 17.7. The molecular weight excluding hydrogens is 709 g/mol. The highest BCUT2D eigenvalue weighted by atomic mass is 16.6. The van der Waals surface area contributed by atoms with E-state index in [1.807, 2.05) is 0 Å². The molecule has 338 valence electrons. The largest absolute Gasteiger partial charge is 0.462 e. The molecule has 0 saturated heterocycles. The molecule has 0 aliphatic heterocycles. The van der Waals surface area contributed by atoms with Crippen LogP contribution in [0.2, 0.25) is 0 Å². The van der Waals surface area contributed by atoms with Crippen molar-refractivity contribution in [3.05, 3.63) is 0 Å². The molecule has 0 aromatic rings. The molecule has 2 atom stereocenters. The van der Waals surface area contributed by atoms with Gasteiger partial charge in [-0.3, -0.25) is 14.4 Å². The van der Waals surface area contributed by atoms with Crippen LogP contribution in [-0.4, -0.2) is 37.2 Å². The van der Waals surface area contributed by atoms with E-state index in [1.54, 1.807) is 0 Å². The summed E-state index contributed by atoms with van der Waals surface area (Å²) in [4.78, 5) is 37.9. The molecule has 6 heteroatoms. The first-order valence-corrected chi connectivity index (χ1v) is 25.4. The highest BCUT2D eigenvalue weighted by Gasteiger charge is 2.19. The fourth-order valence-electron chi connectivity index (χ4n) is 7.66. The molecule has 0 saturated carbocycles. The predicted octanol–water partition coefficient (Wildman–Crippen LogP) is 16.3. The summed E-state index contributed by atoms with van der Waals surface area (Å²) in [6.07, 6.45) is 46.5. The lowest BCUT2D eigenvalue weighted by atomic mass is 9.99. The smallest absolute Gasteiger partial charge is 0.306 e. The first-order chi connectivity index (χ1) is 27.9. The predicted molar refractivity (Wildman–Crippen MR) is 243 cm³/mol. The Balaban J connectivity index is 4.29. The van der Waals surface area contributed by atoms with Crippen molar-refractivity contribution in [1.82, 2.24) is 0 Å². The molecule has 0 spiro atoms. The highest BCUT2D eigenvalue weighted by Crippen LogP contribution is 2.17. The molecular formula is C51H98O6. The third-order valence-electron chi connectivity index (χ3n) is 11.9. The van der Waals surface area contributed by atoms with Gasteiger partial charge < -0.3 is 14.2 Å². The molecule has 0 aromatic carbocycles. The topological polar surface area (TPSA) is 78.9 Å². The molecule has 0 amide bonds. The fourth-order valence-corrected chi connectivity index (χ4v) is 7.66. The zero-order valence-corrected chi connectivity index (χ0v) is 38.8. The van der Waals surface area contributed by atoms with E-state index in [1.165, 1.54) is 180 Å². The van der Waals surface area contributed by atoms with Gasteiger partial charge in [-0.1, -0.05) is 246 Å². The third kappa shape index (κ3) is 43.8. The van der Waals surface area contributed by atoms with Crippen molar-refractivity contribution >= 4 is 17.9 Å². The van der Waals surface area contributed by atoms with E-state index < -0.39 is 6.10 Å². The number of carbonyl (C=O) groups is 3. The lowest BCUT2D eigenvalue weighted by Crippen LogP contribution is -2.30. The van der Waals surface area contributed by atoms with Crippen molar-refractivity contribution in [2.24, 2.45) is 5.92 Å². The Morgan fingerprint density at radius 3 is 0.912 bits per heavy atom. The van der Waals surface area contributed by atoms with E-state index in [2.05, 4.69) is 27.7 Å². The lowest BCUT2D eigenvalue weighted by molar-refractivity contribution is -0.167. The summed E-state index contributed by atoms with van der Waals surface area (Å²) in [7, 11) is 0. The van der Waals surface area contributed by atoms with Gasteiger partial charge in [0.25, 0.3) is 0 Å². The van der Waals surface area contributed by atoms with Crippen LogP contribution < -0.4 is 0 Å². The lowest BCUT2D eigenvalue weighted by Gasteiger charge is -2.18. The summed E-state index contributed by atoms with van der Waals surface area (Å²) < 4.78 is 16.8. The molecule has 6 nitrogen and oxygen atoms in total. The zero-order valence-electron chi connectivity index (χ0n) is 38.8. The normalized spacial score (nSPS) is 12.4. The van der Waals surface area contributed by atoms with Gasteiger partial charge in [-0.05, 0) is 25.2 Å². The van der Waals surface area contributed by atoms with Crippen LogP contribution in [-0.2, 0) is 28.6 Å². The standard InChI is InChI=1S/C51H98O6/c1-5-8-10-12-14-16-18-19-20-21-22-24-26-31-35-39-43-50(53)56-46-48(45-55-49(52)42-38-34-30-25-23-17-15-13-11-9-6-2)57-51(54)44-40-36-32-28-27-29-33-37-41-47(4)7-3/h47-48H,5-46H2,1-4H3/t47?,48-/m1/s1. The van der Waals surface area contributed by atoms with Crippen LogP contribution >= 0.6 is 0 Å². The molecule has 0 heterocycles. The van der Waals surface area contributed by atoms with E-state index >= 15 is 0 Å². The van der Waals surface area contributed by atoms with Gasteiger partial charge in [0.1, 0.15) is 13.2 Å². The first kappa shape index (κ1) is 55.4. The number of hydrogen-bond acceptors (Lipinski definition) is 6. The van der Waals surface area contributed by atoms with Crippen molar-refractivity contribution in [1.29, 1.82) is 0 Å². The Hall–Kier alpha value is -1.59. The van der Waals surface area contributed by atoms with Crippen LogP contribution in [0.4, 0.5) is 0 Å². The van der Waals surface area contributed by atoms with Crippen molar-refractivity contribution in [2.75, 3.05) is 13.2 Å². The Kier molecular flexibility index (Phi) is 44.2. The minimum Gasteiger partial charge on any atom is -0.462 e. The van der Waals surface area contributed by atoms with Crippen LogP contribution in [0.15, 0.2) is 0 Å². The minimum absolute atomic E-state index is 0.0633. The van der Waals surface area contributed by atoms with Gasteiger partial charge in [0.2, 0.25) is 0 Å². The monoisotopic (exact) mass is 807 g/mol. The molecule has 0 aliphatic carbocycles. The van der Waals surface area contributed by atoms with Crippen LogP contribution in [0.5, 0.6) is 0 Å². The molecule has 0 fully saturated rings. The van der Waals surface area contributed by atoms with Crippen LogP contribution in [0.25, 0.3) is 0 Å². The van der Waals surface area contributed by atoms with E-state index in [4.69, 9.17) is 14.2 Å². The summed E-state index contributed by atoms with van der Waals surface area (Å²) in [5.74, 6) is -0.00330. The Morgan fingerprint density at radius 2 is 0.614 bits per heavy atom. The number of hydrogen-bond donors (Lipinski definition) is 0. The van der Waals surface area contributed by atoms with E-state index in [-0.39, 0.29) is 31.1 Å². The number of rotatable bonds is 46. The maximum Gasteiger partial charge on any atom is 0.306 e. The molecule has 57 heavy (non-hydrogen) atoms. The third-order valence-corrected chi connectivity index (χ3v) is 11.9. The molecule has 0 N–H and O–H groups in total. The van der Waals surface area contributed by atoms with Gasteiger partial charge in [-0.25, -0.2) is 0 Å². The Morgan fingerprint density at radius 1 is 0.351 bits per heavy atom. The van der Waals surface area contributed by atoms with Crippen molar-refractivity contribution in [3.63, 3.8) is 0 Å². The molecule has 0 bridgehead atoms. The Labute approximate surface area is 355 Å². The van der Waals surface area contributed by atoms with Gasteiger partial charge >= 0.3 is 17.9 Å². The molecule has 0 aliphatic rings. The molecule has 0 radical (unpaired) electrons. The number of esters is 3. The highest BCUT2D eigenvalue weighted by molar-refractivity contribution is 5.71. The average molecular weight is 807 g/mol. The zero-order chi connectivity index (χ0) is 41.7.